The molecule has 0 aliphatic carbocycles. The summed E-state index contributed by atoms with van der Waals surface area (Å²) in [6, 6.07) is 5.17. The van der Waals surface area contributed by atoms with E-state index in [4.69, 9.17) is 28.9 Å². The van der Waals surface area contributed by atoms with Crippen molar-refractivity contribution in [2.24, 2.45) is 11.7 Å². The van der Waals surface area contributed by atoms with E-state index in [1.165, 1.54) is 0 Å². The number of rotatable bonds is 3. The standard InChI is InChI=1S/C10H10Cl2NO/c1-6(10(13)14)4-7-2-3-8(11)9(12)5-7/h2-6H,1H3,(H2,13,14). The summed E-state index contributed by atoms with van der Waals surface area (Å²) in [5, 5.41) is 0.965. The van der Waals surface area contributed by atoms with E-state index in [-0.39, 0.29) is 11.8 Å². The summed E-state index contributed by atoms with van der Waals surface area (Å²) in [6.45, 7) is 1.73. The zero-order valence-corrected chi connectivity index (χ0v) is 9.14. The monoisotopic (exact) mass is 230 g/mol. The Kier molecular flexibility index (Phi) is 3.78. The van der Waals surface area contributed by atoms with Gasteiger partial charge in [-0.1, -0.05) is 36.2 Å². The smallest absolute Gasteiger partial charge is 0.220 e. The zero-order valence-electron chi connectivity index (χ0n) is 7.63. The number of amides is 1. The first-order chi connectivity index (χ1) is 6.50. The highest BCUT2D eigenvalue weighted by Gasteiger charge is 2.10. The van der Waals surface area contributed by atoms with Gasteiger partial charge in [0.25, 0.3) is 0 Å². The second kappa shape index (κ2) is 4.67. The summed E-state index contributed by atoms with van der Waals surface area (Å²) >= 11 is 11.6. The summed E-state index contributed by atoms with van der Waals surface area (Å²) in [6.07, 6.45) is 1.74. The van der Waals surface area contributed by atoms with Gasteiger partial charge in [0.2, 0.25) is 5.91 Å². The van der Waals surface area contributed by atoms with Crippen LogP contribution >= 0.6 is 23.2 Å². The number of hydrogen-bond donors (Lipinski definition) is 1. The molecule has 1 radical (unpaired) electrons. The molecule has 1 unspecified atom stereocenters. The van der Waals surface area contributed by atoms with Crippen LogP contribution in [0.3, 0.4) is 0 Å². The molecular formula is C10H10Cl2NO. The molecule has 4 heteroatoms. The highest BCUT2D eigenvalue weighted by Crippen LogP contribution is 2.24. The SMILES string of the molecule is CC([CH]c1ccc(Cl)c(Cl)c1)C(N)=O. The van der Waals surface area contributed by atoms with E-state index < -0.39 is 0 Å². The Bertz CT molecular complexity index is 352. The summed E-state index contributed by atoms with van der Waals surface area (Å²) < 4.78 is 0. The van der Waals surface area contributed by atoms with Crippen LogP contribution in [0.4, 0.5) is 0 Å². The molecule has 0 aromatic heterocycles. The summed E-state index contributed by atoms with van der Waals surface area (Å²) in [4.78, 5) is 10.8. The highest BCUT2D eigenvalue weighted by atomic mass is 35.5. The van der Waals surface area contributed by atoms with Gasteiger partial charge in [-0.15, -0.1) is 0 Å². The number of nitrogens with two attached hydrogens (primary N) is 1. The van der Waals surface area contributed by atoms with Crippen molar-refractivity contribution < 1.29 is 4.79 Å². The Morgan fingerprint density at radius 2 is 2.07 bits per heavy atom. The lowest BCUT2D eigenvalue weighted by Crippen LogP contribution is -2.21. The molecule has 1 amide bonds. The number of hydrogen-bond acceptors (Lipinski definition) is 1. The molecular weight excluding hydrogens is 221 g/mol. The van der Waals surface area contributed by atoms with Gasteiger partial charge in [-0.2, -0.15) is 0 Å². The van der Waals surface area contributed by atoms with Gasteiger partial charge in [0.05, 0.1) is 10.0 Å². The van der Waals surface area contributed by atoms with Crippen LogP contribution in [0.2, 0.25) is 10.0 Å². The minimum atomic E-state index is -0.365. The molecule has 2 N–H and O–H groups in total. The van der Waals surface area contributed by atoms with E-state index in [0.717, 1.165) is 5.56 Å². The van der Waals surface area contributed by atoms with Gasteiger partial charge in [0.15, 0.2) is 0 Å². The summed E-state index contributed by atoms with van der Waals surface area (Å²) in [5.74, 6) is -0.677. The molecule has 1 aromatic rings. The molecule has 0 saturated heterocycles. The number of halogens is 2. The Hall–Kier alpha value is -0.730. The van der Waals surface area contributed by atoms with Crippen LogP contribution in [0.5, 0.6) is 0 Å². The van der Waals surface area contributed by atoms with Crippen molar-refractivity contribution >= 4 is 29.1 Å². The van der Waals surface area contributed by atoms with Crippen LogP contribution in [0.1, 0.15) is 12.5 Å². The van der Waals surface area contributed by atoms with E-state index in [2.05, 4.69) is 0 Å². The zero-order chi connectivity index (χ0) is 10.7. The van der Waals surface area contributed by atoms with Gasteiger partial charge < -0.3 is 5.73 Å². The van der Waals surface area contributed by atoms with Crippen LogP contribution in [0.25, 0.3) is 0 Å². The van der Waals surface area contributed by atoms with E-state index in [9.17, 15) is 4.79 Å². The maximum Gasteiger partial charge on any atom is 0.220 e. The van der Waals surface area contributed by atoms with Crippen molar-refractivity contribution in [2.45, 2.75) is 6.92 Å². The van der Waals surface area contributed by atoms with Crippen molar-refractivity contribution in [1.29, 1.82) is 0 Å². The molecule has 0 heterocycles. The van der Waals surface area contributed by atoms with Gasteiger partial charge in [0, 0.05) is 12.3 Å². The van der Waals surface area contributed by atoms with Gasteiger partial charge in [-0.05, 0) is 17.7 Å². The lowest BCUT2D eigenvalue weighted by Gasteiger charge is -2.07. The minimum absolute atomic E-state index is 0.313. The average Bonchev–Trinajstić information content (AvgIpc) is 2.11. The lowest BCUT2D eigenvalue weighted by molar-refractivity contribution is -0.120. The third-order valence-corrected chi connectivity index (χ3v) is 2.57. The predicted octanol–water partition coefficient (Wildman–Crippen LogP) is 2.67. The van der Waals surface area contributed by atoms with Crippen molar-refractivity contribution in [3.05, 3.63) is 40.2 Å². The molecule has 14 heavy (non-hydrogen) atoms. The molecule has 0 bridgehead atoms. The second-order valence-corrected chi connectivity index (χ2v) is 3.85. The van der Waals surface area contributed by atoms with Crippen molar-refractivity contribution in [2.75, 3.05) is 0 Å². The molecule has 0 aliphatic heterocycles. The number of benzene rings is 1. The minimum Gasteiger partial charge on any atom is -0.369 e. The van der Waals surface area contributed by atoms with Crippen LogP contribution in [0, 0.1) is 12.3 Å². The van der Waals surface area contributed by atoms with E-state index in [1.807, 2.05) is 0 Å². The molecule has 1 aromatic carbocycles. The van der Waals surface area contributed by atoms with Gasteiger partial charge in [0.1, 0.15) is 0 Å². The molecule has 1 rings (SSSR count). The summed E-state index contributed by atoms with van der Waals surface area (Å²) in [7, 11) is 0. The average molecular weight is 231 g/mol. The molecule has 2 nitrogen and oxygen atoms in total. The van der Waals surface area contributed by atoms with Gasteiger partial charge in [-0.25, -0.2) is 0 Å². The quantitative estimate of drug-likeness (QED) is 0.853. The Morgan fingerprint density at radius 3 is 2.57 bits per heavy atom. The van der Waals surface area contributed by atoms with Gasteiger partial charge in [-0.3, -0.25) is 4.79 Å². The van der Waals surface area contributed by atoms with Crippen molar-refractivity contribution in [3.8, 4) is 0 Å². The predicted molar refractivity (Wildman–Crippen MR) is 58.2 cm³/mol. The Labute approximate surface area is 93.0 Å². The van der Waals surface area contributed by atoms with Gasteiger partial charge >= 0.3 is 0 Å². The third kappa shape index (κ3) is 2.89. The van der Waals surface area contributed by atoms with Crippen molar-refractivity contribution in [1.82, 2.24) is 0 Å². The maximum atomic E-state index is 10.8. The van der Waals surface area contributed by atoms with Crippen LogP contribution in [-0.4, -0.2) is 5.91 Å². The van der Waals surface area contributed by atoms with Crippen LogP contribution in [-0.2, 0) is 4.79 Å². The van der Waals surface area contributed by atoms with Crippen molar-refractivity contribution in [3.63, 3.8) is 0 Å². The fourth-order valence-electron chi connectivity index (χ4n) is 0.987. The number of primary amides is 1. The Morgan fingerprint density at radius 1 is 1.43 bits per heavy atom. The first kappa shape index (κ1) is 11.3. The largest absolute Gasteiger partial charge is 0.369 e. The normalized spacial score (nSPS) is 12.5. The van der Waals surface area contributed by atoms with Crippen LogP contribution in [0.15, 0.2) is 18.2 Å². The fourth-order valence-corrected chi connectivity index (χ4v) is 1.29. The molecule has 0 saturated carbocycles. The molecule has 0 fully saturated rings. The maximum absolute atomic E-state index is 10.8. The molecule has 0 spiro atoms. The molecule has 0 aliphatic rings. The first-order valence-corrected chi connectivity index (χ1v) is 4.85. The first-order valence-electron chi connectivity index (χ1n) is 4.10. The lowest BCUT2D eigenvalue weighted by atomic mass is 10.0. The molecule has 75 valence electrons. The fraction of sp³-hybridized carbons (Fsp3) is 0.200. The van der Waals surface area contributed by atoms with E-state index in [1.54, 1.807) is 31.5 Å². The molecule has 1 atom stereocenters. The second-order valence-electron chi connectivity index (χ2n) is 3.03. The topological polar surface area (TPSA) is 43.1 Å². The summed E-state index contributed by atoms with van der Waals surface area (Å²) in [5.41, 5.74) is 5.96. The van der Waals surface area contributed by atoms with E-state index in [0.29, 0.717) is 10.0 Å². The number of carbonyl (C=O) groups excluding carboxylic acids is 1. The third-order valence-electron chi connectivity index (χ3n) is 1.83. The van der Waals surface area contributed by atoms with E-state index >= 15 is 0 Å². The number of carbonyl (C=O) groups is 1. The highest BCUT2D eigenvalue weighted by molar-refractivity contribution is 6.42. The Balaban J connectivity index is 2.78. The van der Waals surface area contributed by atoms with Crippen LogP contribution < -0.4 is 5.73 Å².